The average Bonchev–Trinajstić information content (AvgIpc) is 3.14. The smallest absolute Gasteiger partial charge is 0.223 e. The first-order valence-corrected chi connectivity index (χ1v) is 9.08. The summed E-state index contributed by atoms with van der Waals surface area (Å²) in [4.78, 5) is 12.3. The normalized spacial score (nSPS) is 18.4. The number of amides is 1. The molecular weight excluding hydrogens is 340 g/mol. The van der Waals surface area contributed by atoms with Crippen molar-refractivity contribution in [3.63, 3.8) is 0 Å². The molecule has 0 unspecified atom stereocenters. The first-order valence-electron chi connectivity index (χ1n) is 9.08. The zero-order valence-electron chi connectivity index (χ0n) is 14.9. The maximum atomic E-state index is 12.3. The van der Waals surface area contributed by atoms with Crippen molar-refractivity contribution >= 4 is 18.3 Å². The van der Waals surface area contributed by atoms with Gasteiger partial charge in [0.25, 0.3) is 0 Å². The van der Waals surface area contributed by atoms with E-state index in [1.54, 1.807) is 7.11 Å². The number of carbonyl (C=O) groups excluding carboxylic acids is 1. The molecule has 5 nitrogen and oxygen atoms in total. The fraction of sp³-hybridized carbons (Fsp3) is 0.632. The predicted octanol–water partition coefficient (Wildman–Crippen LogP) is 3.05. The molecule has 0 aromatic heterocycles. The number of hydrogen-bond acceptors (Lipinski definition) is 4. The second-order valence-corrected chi connectivity index (χ2v) is 6.74. The van der Waals surface area contributed by atoms with E-state index in [1.807, 2.05) is 18.2 Å². The second kappa shape index (κ2) is 9.88. The third-order valence-corrected chi connectivity index (χ3v) is 5.03. The van der Waals surface area contributed by atoms with Crippen molar-refractivity contribution in [1.29, 1.82) is 0 Å². The minimum Gasteiger partial charge on any atom is -0.497 e. The van der Waals surface area contributed by atoms with E-state index in [2.05, 4.69) is 10.6 Å². The molecule has 2 N–H and O–H groups in total. The Balaban J connectivity index is 0.00000225. The van der Waals surface area contributed by atoms with Gasteiger partial charge in [-0.05, 0) is 63.7 Å². The van der Waals surface area contributed by atoms with E-state index in [0.717, 1.165) is 55.8 Å². The van der Waals surface area contributed by atoms with E-state index in [4.69, 9.17) is 9.47 Å². The Morgan fingerprint density at radius 3 is 2.60 bits per heavy atom. The lowest BCUT2D eigenvalue weighted by Gasteiger charge is -2.22. The molecule has 1 amide bonds. The SMILES string of the molecule is COc1ccc(CNC(=O)C2CCNCC2)c(OC2CCCC2)c1.Cl. The highest BCUT2D eigenvalue weighted by atomic mass is 35.5. The minimum atomic E-state index is 0. The molecule has 3 rings (SSSR count). The number of piperidine rings is 1. The average molecular weight is 369 g/mol. The molecule has 0 bridgehead atoms. The number of rotatable bonds is 6. The van der Waals surface area contributed by atoms with Gasteiger partial charge in [0.1, 0.15) is 11.5 Å². The van der Waals surface area contributed by atoms with Crippen LogP contribution in [0.2, 0.25) is 0 Å². The predicted molar refractivity (Wildman–Crippen MR) is 101 cm³/mol. The van der Waals surface area contributed by atoms with Crippen molar-refractivity contribution in [3.8, 4) is 11.5 Å². The highest BCUT2D eigenvalue weighted by molar-refractivity contribution is 5.85. The number of hydrogen-bond donors (Lipinski definition) is 2. The summed E-state index contributed by atoms with van der Waals surface area (Å²) in [6.45, 7) is 2.36. The number of halogens is 1. The molecule has 1 heterocycles. The van der Waals surface area contributed by atoms with Crippen LogP contribution in [-0.4, -0.2) is 32.2 Å². The quantitative estimate of drug-likeness (QED) is 0.810. The van der Waals surface area contributed by atoms with Crippen molar-refractivity contribution in [2.24, 2.45) is 5.92 Å². The van der Waals surface area contributed by atoms with E-state index in [0.29, 0.717) is 6.54 Å². The first-order chi connectivity index (χ1) is 11.8. The van der Waals surface area contributed by atoms with Crippen LogP contribution in [0.5, 0.6) is 11.5 Å². The Kier molecular flexibility index (Phi) is 7.85. The van der Waals surface area contributed by atoms with Gasteiger partial charge in [0.2, 0.25) is 5.91 Å². The Bertz CT molecular complexity index is 556. The third kappa shape index (κ3) is 5.51. The molecule has 25 heavy (non-hydrogen) atoms. The van der Waals surface area contributed by atoms with Gasteiger partial charge in [-0.2, -0.15) is 0 Å². The maximum absolute atomic E-state index is 12.3. The van der Waals surface area contributed by atoms with Gasteiger partial charge in [-0.3, -0.25) is 4.79 Å². The number of ether oxygens (including phenoxy) is 2. The lowest BCUT2D eigenvalue weighted by atomic mass is 9.97. The summed E-state index contributed by atoms with van der Waals surface area (Å²) in [5.74, 6) is 1.91. The van der Waals surface area contributed by atoms with Crippen LogP contribution in [0.3, 0.4) is 0 Å². The molecule has 2 aliphatic rings. The standard InChI is InChI=1S/C19H28N2O3.ClH/c1-23-17-7-6-15(18(12-17)24-16-4-2-3-5-16)13-21-19(22)14-8-10-20-11-9-14;/h6-7,12,14,16,20H,2-5,8-11,13H2,1H3,(H,21,22);1H. The molecule has 1 aliphatic carbocycles. The van der Waals surface area contributed by atoms with Gasteiger partial charge in [0.05, 0.1) is 13.2 Å². The molecule has 1 saturated carbocycles. The molecule has 0 radical (unpaired) electrons. The minimum absolute atomic E-state index is 0. The zero-order chi connectivity index (χ0) is 16.8. The van der Waals surface area contributed by atoms with Crippen LogP contribution in [-0.2, 0) is 11.3 Å². The van der Waals surface area contributed by atoms with Gasteiger partial charge in [0, 0.05) is 24.1 Å². The van der Waals surface area contributed by atoms with Crippen LogP contribution >= 0.6 is 12.4 Å². The Labute approximate surface area is 156 Å². The van der Waals surface area contributed by atoms with Gasteiger partial charge in [-0.15, -0.1) is 12.4 Å². The topological polar surface area (TPSA) is 59.6 Å². The van der Waals surface area contributed by atoms with Crippen LogP contribution in [0, 0.1) is 5.92 Å². The van der Waals surface area contributed by atoms with Gasteiger partial charge >= 0.3 is 0 Å². The largest absolute Gasteiger partial charge is 0.497 e. The van der Waals surface area contributed by atoms with Crippen LogP contribution in [0.1, 0.15) is 44.1 Å². The van der Waals surface area contributed by atoms with Crippen molar-refractivity contribution in [2.45, 2.75) is 51.2 Å². The summed E-state index contributed by atoms with van der Waals surface area (Å²) in [7, 11) is 1.66. The molecule has 0 atom stereocenters. The second-order valence-electron chi connectivity index (χ2n) is 6.74. The molecule has 2 fully saturated rings. The summed E-state index contributed by atoms with van der Waals surface area (Å²) in [5.41, 5.74) is 1.02. The summed E-state index contributed by atoms with van der Waals surface area (Å²) in [6.07, 6.45) is 6.80. The molecular formula is C19H29ClN2O3. The van der Waals surface area contributed by atoms with E-state index < -0.39 is 0 Å². The van der Waals surface area contributed by atoms with Crippen LogP contribution in [0.15, 0.2) is 18.2 Å². The zero-order valence-corrected chi connectivity index (χ0v) is 15.7. The van der Waals surface area contributed by atoms with E-state index in [-0.39, 0.29) is 30.3 Å². The Hall–Kier alpha value is -1.46. The highest BCUT2D eigenvalue weighted by Crippen LogP contribution is 2.30. The summed E-state index contributed by atoms with van der Waals surface area (Å²) in [5, 5.41) is 6.38. The van der Waals surface area contributed by atoms with Crippen molar-refractivity contribution < 1.29 is 14.3 Å². The number of benzene rings is 1. The molecule has 140 valence electrons. The lowest BCUT2D eigenvalue weighted by molar-refractivity contribution is -0.125. The number of methoxy groups -OCH3 is 1. The molecule has 0 spiro atoms. The number of carbonyl (C=O) groups is 1. The highest BCUT2D eigenvalue weighted by Gasteiger charge is 2.22. The lowest BCUT2D eigenvalue weighted by Crippen LogP contribution is -2.37. The van der Waals surface area contributed by atoms with E-state index in [1.165, 1.54) is 12.8 Å². The van der Waals surface area contributed by atoms with Gasteiger partial charge < -0.3 is 20.1 Å². The van der Waals surface area contributed by atoms with Crippen LogP contribution < -0.4 is 20.1 Å². The van der Waals surface area contributed by atoms with Crippen molar-refractivity contribution in [3.05, 3.63) is 23.8 Å². The number of nitrogens with one attached hydrogen (secondary N) is 2. The summed E-state index contributed by atoms with van der Waals surface area (Å²) < 4.78 is 11.5. The Morgan fingerprint density at radius 1 is 1.20 bits per heavy atom. The van der Waals surface area contributed by atoms with Crippen LogP contribution in [0.4, 0.5) is 0 Å². The first kappa shape index (κ1) is 19.9. The summed E-state index contributed by atoms with van der Waals surface area (Å²) >= 11 is 0. The van der Waals surface area contributed by atoms with Gasteiger partial charge in [0.15, 0.2) is 0 Å². The molecule has 1 aliphatic heterocycles. The van der Waals surface area contributed by atoms with Gasteiger partial charge in [-0.1, -0.05) is 0 Å². The fourth-order valence-corrected chi connectivity index (χ4v) is 3.51. The molecule has 1 aromatic rings. The monoisotopic (exact) mass is 368 g/mol. The summed E-state index contributed by atoms with van der Waals surface area (Å²) in [6, 6.07) is 5.85. The Morgan fingerprint density at radius 2 is 1.92 bits per heavy atom. The van der Waals surface area contributed by atoms with Crippen molar-refractivity contribution in [2.75, 3.05) is 20.2 Å². The maximum Gasteiger partial charge on any atom is 0.223 e. The molecule has 1 aromatic carbocycles. The van der Waals surface area contributed by atoms with Gasteiger partial charge in [-0.25, -0.2) is 0 Å². The van der Waals surface area contributed by atoms with E-state index in [9.17, 15) is 4.79 Å². The van der Waals surface area contributed by atoms with Crippen LogP contribution in [0.25, 0.3) is 0 Å². The molecule has 1 saturated heterocycles. The third-order valence-electron chi connectivity index (χ3n) is 5.03. The fourth-order valence-electron chi connectivity index (χ4n) is 3.51. The van der Waals surface area contributed by atoms with Crippen molar-refractivity contribution in [1.82, 2.24) is 10.6 Å². The molecule has 6 heteroatoms. The van der Waals surface area contributed by atoms with E-state index >= 15 is 0 Å².